The molecule has 126 valence electrons. The lowest BCUT2D eigenvalue weighted by atomic mass is 10.1. The van der Waals surface area contributed by atoms with E-state index >= 15 is 0 Å². The van der Waals surface area contributed by atoms with E-state index in [4.69, 9.17) is 0 Å². The Kier molecular flexibility index (Phi) is 4.15. The topological polar surface area (TPSA) is 51.6 Å². The summed E-state index contributed by atoms with van der Waals surface area (Å²) in [4.78, 5) is 16.5. The number of aromatic nitrogens is 4. The molecule has 0 saturated heterocycles. The Labute approximate surface area is 148 Å². The normalized spacial score (nSPS) is 10.7. The third kappa shape index (κ3) is 3.17. The van der Waals surface area contributed by atoms with Gasteiger partial charge in [0.2, 0.25) is 11.9 Å². The van der Waals surface area contributed by atoms with Gasteiger partial charge in [0.1, 0.15) is 0 Å². The van der Waals surface area contributed by atoms with Crippen LogP contribution in [0.15, 0.2) is 72.8 Å². The van der Waals surface area contributed by atoms with Crippen LogP contribution < -0.4 is 0 Å². The number of rotatable bonds is 3. The molecule has 0 fully saturated rings. The first-order valence-electron chi connectivity index (χ1n) is 7.90. The van der Waals surface area contributed by atoms with E-state index in [2.05, 4.69) is 19.9 Å². The van der Waals surface area contributed by atoms with Crippen LogP contribution in [-0.2, 0) is 0 Å². The van der Waals surface area contributed by atoms with Gasteiger partial charge in [0, 0.05) is 11.1 Å². The molecule has 4 nitrogen and oxygen atoms in total. The van der Waals surface area contributed by atoms with E-state index in [1.807, 2.05) is 60.7 Å². The Morgan fingerprint density at radius 3 is 1.50 bits per heavy atom. The van der Waals surface area contributed by atoms with Crippen LogP contribution in [0.2, 0.25) is 0 Å². The van der Waals surface area contributed by atoms with E-state index in [-0.39, 0.29) is 11.4 Å². The standard InChI is InChI=1S/C20H12F2N4/c21-16-12-11-15(17(22)23-16)20-25-18(13-7-3-1-4-8-13)24-19(26-20)14-9-5-2-6-10-14/h1-12H. The Hall–Kier alpha value is -3.54. The molecule has 4 aromatic rings. The molecule has 2 aromatic heterocycles. The molecule has 0 unspecified atom stereocenters. The molecule has 0 aliphatic carbocycles. The zero-order valence-corrected chi connectivity index (χ0v) is 13.5. The van der Waals surface area contributed by atoms with Crippen LogP contribution in [0, 0.1) is 11.9 Å². The zero-order valence-electron chi connectivity index (χ0n) is 13.5. The summed E-state index contributed by atoms with van der Waals surface area (Å²) in [6, 6.07) is 21.0. The van der Waals surface area contributed by atoms with Gasteiger partial charge < -0.3 is 0 Å². The van der Waals surface area contributed by atoms with Gasteiger partial charge in [0.05, 0.1) is 5.56 Å². The highest BCUT2D eigenvalue weighted by atomic mass is 19.1. The predicted octanol–water partition coefficient (Wildman–Crippen LogP) is 4.55. The molecule has 0 N–H and O–H groups in total. The summed E-state index contributed by atoms with van der Waals surface area (Å²) in [5.74, 6) is -0.958. The Balaban J connectivity index is 1.94. The lowest BCUT2D eigenvalue weighted by Gasteiger charge is -2.08. The van der Waals surface area contributed by atoms with Crippen molar-refractivity contribution in [3.8, 4) is 34.2 Å². The number of halogens is 2. The number of nitrogens with zero attached hydrogens (tertiary/aromatic N) is 4. The van der Waals surface area contributed by atoms with E-state index in [0.29, 0.717) is 11.6 Å². The molecule has 0 spiro atoms. The minimum atomic E-state index is -0.964. The quantitative estimate of drug-likeness (QED) is 0.511. The molecule has 6 heteroatoms. The number of hydrogen-bond donors (Lipinski definition) is 0. The average Bonchev–Trinajstić information content (AvgIpc) is 2.69. The van der Waals surface area contributed by atoms with Crippen LogP contribution in [-0.4, -0.2) is 19.9 Å². The molecule has 0 saturated carbocycles. The highest BCUT2D eigenvalue weighted by Crippen LogP contribution is 2.25. The summed E-state index contributed by atoms with van der Waals surface area (Å²) < 4.78 is 27.3. The van der Waals surface area contributed by atoms with Crippen molar-refractivity contribution in [1.29, 1.82) is 0 Å². The SMILES string of the molecule is Fc1ccc(-c2nc(-c3ccccc3)nc(-c3ccccc3)n2)c(F)n1. The van der Waals surface area contributed by atoms with Gasteiger partial charge in [-0.3, -0.25) is 0 Å². The average molecular weight is 346 g/mol. The van der Waals surface area contributed by atoms with Crippen molar-refractivity contribution in [3.05, 3.63) is 84.7 Å². The maximum atomic E-state index is 14.2. The fourth-order valence-electron chi connectivity index (χ4n) is 2.51. The first kappa shape index (κ1) is 16.0. The third-order valence-corrected chi connectivity index (χ3v) is 3.76. The Morgan fingerprint density at radius 1 is 0.500 bits per heavy atom. The summed E-state index contributed by atoms with van der Waals surface area (Å²) in [7, 11) is 0. The second-order valence-corrected chi connectivity index (χ2v) is 5.51. The van der Waals surface area contributed by atoms with Gasteiger partial charge in [-0.05, 0) is 12.1 Å². The molecular weight excluding hydrogens is 334 g/mol. The van der Waals surface area contributed by atoms with Gasteiger partial charge in [0.15, 0.2) is 17.5 Å². The molecular formula is C20H12F2N4. The number of pyridine rings is 1. The summed E-state index contributed by atoms with van der Waals surface area (Å²) in [6.07, 6.45) is 0. The molecule has 2 heterocycles. The molecule has 26 heavy (non-hydrogen) atoms. The van der Waals surface area contributed by atoms with Crippen LogP contribution in [0.25, 0.3) is 34.2 Å². The molecule has 0 amide bonds. The van der Waals surface area contributed by atoms with Gasteiger partial charge in [-0.25, -0.2) is 15.0 Å². The van der Waals surface area contributed by atoms with Crippen molar-refractivity contribution in [3.63, 3.8) is 0 Å². The van der Waals surface area contributed by atoms with Crippen molar-refractivity contribution < 1.29 is 8.78 Å². The summed E-state index contributed by atoms with van der Waals surface area (Å²) in [6.45, 7) is 0. The maximum absolute atomic E-state index is 14.2. The molecule has 0 aliphatic heterocycles. The van der Waals surface area contributed by atoms with Gasteiger partial charge in [-0.15, -0.1) is 0 Å². The largest absolute Gasteiger partial charge is 0.226 e. The van der Waals surface area contributed by atoms with Crippen LogP contribution in [0.5, 0.6) is 0 Å². The van der Waals surface area contributed by atoms with Crippen molar-refractivity contribution in [1.82, 2.24) is 19.9 Å². The zero-order chi connectivity index (χ0) is 17.9. The van der Waals surface area contributed by atoms with Crippen molar-refractivity contribution in [2.24, 2.45) is 0 Å². The minimum Gasteiger partial charge on any atom is -0.208 e. The first-order chi connectivity index (χ1) is 12.7. The van der Waals surface area contributed by atoms with Crippen molar-refractivity contribution >= 4 is 0 Å². The Morgan fingerprint density at radius 2 is 1.00 bits per heavy atom. The number of hydrogen-bond acceptors (Lipinski definition) is 4. The fraction of sp³-hybridized carbons (Fsp3) is 0. The maximum Gasteiger partial charge on any atom is 0.226 e. The lowest BCUT2D eigenvalue weighted by Crippen LogP contribution is -2.02. The molecule has 0 radical (unpaired) electrons. The van der Waals surface area contributed by atoms with Gasteiger partial charge in [0.25, 0.3) is 0 Å². The fourth-order valence-corrected chi connectivity index (χ4v) is 2.51. The van der Waals surface area contributed by atoms with Gasteiger partial charge >= 0.3 is 0 Å². The number of benzene rings is 2. The van der Waals surface area contributed by atoms with Crippen LogP contribution >= 0.6 is 0 Å². The van der Waals surface area contributed by atoms with Crippen LogP contribution in [0.4, 0.5) is 8.78 Å². The highest BCUT2D eigenvalue weighted by Gasteiger charge is 2.15. The van der Waals surface area contributed by atoms with E-state index < -0.39 is 11.9 Å². The van der Waals surface area contributed by atoms with Crippen molar-refractivity contribution in [2.45, 2.75) is 0 Å². The van der Waals surface area contributed by atoms with E-state index in [9.17, 15) is 8.78 Å². The smallest absolute Gasteiger partial charge is 0.208 e. The predicted molar refractivity (Wildman–Crippen MR) is 93.8 cm³/mol. The molecule has 0 aliphatic rings. The molecule has 2 aromatic carbocycles. The second-order valence-electron chi connectivity index (χ2n) is 5.51. The van der Waals surface area contributed by atoms with Crippen molar-refractivity contribution in [2.75, 3.05) is 0 Å². The van der Waals surface area contributed by atoms with E-state index in [1.165, 1.54) is 6.07 Å². The first-order valence-corrected chi connectivity index (χ1v) is 7.90. The van der Waals surface area contributed by atoms with Crippen LogP contribution in [0.3, 0.4) is 0 Å². The van der Waals surface area contributed by atoms with Crippen LogP contribution in [0.1, 0.15) is 0 Å². The van der Waals surface area contributed by atoms with Gasteiger partial charge in [-0.1, -0.05) is 60.7 Å². The highest BCUT2D eigenvalue weighted by molar-refractivity contribution is 5.66. The van der Waals surface area contributed by atoms with Gasteiger partial charge in [-0.2, -0.15) is 13.8 Å². The molecule has 0 atom stereocenters. The molecule has 0 bridgehead atoms. The van der Waals surface area contributed by atoms with E-state index in [0.717, 1.165) is 17.2 Å². The minimum absolute atomic E-state index is 0.0168. The third-order valence-electron chi connectivity index (χ3n) is 3.76. The second kappa shape index (κ2) is 6.76. The Bertz CT molecular complexity index is 996. The van der Waals surface area contributed by atoms with E-state index in [1.54, 1.807) is 0 Å². The monoisotopic (exact) mass is 346 g/mol. The summed E-state index contributed by atoms with van der Waals surface area (Å²) in [5.41, 5.74) is 1.55. The summed E-state index contributed by atoms with van der Waals surface area (Å²) >= 11 is 0. The lowest BCUT2D eigenvalue weighted by molar-refractivity contribution is 0.514. The summed E-state index contributed by atoms with van der Waals surface area (Å²) in [5, 5.41) is 0. The molecule has 4 rings (SSSR count).